The first-order valence-corrected chi connectivity index (χ1v) is 7.11. The molecule has 0 aliphatic heterocycles. The predicted octanol–water partition coefficient (Wildman–Crippen LogP) is 4.30. The van der Waals surface area contributed by atoms with Crippen molar-refractivity contribution in [1.29, 1.82) is 0 Å². The number of hydrogen-bond acceptors (Lipinski definition) is 3. The number of rotatable bonds is 3. The van der Waals surface area contributed by atoms with Gasteiger partial charge in [0.25, 0.3) is 0 Å². The second-order valence-electron chi connectivity index (χ2n) is 5.35. The Kier molecular flexibility index (Phi) is 3.48. The molecule has 0 saturated heterocycles. The Hall–Kier alpha value is -2.55. The SMILES string of the molecule is Cc1ccccc1C(C)Nc1ccc(N)c2ccncc12. The van der Waals surface area contributed by atoms with Crippen LogP contribution < -0.4 is 11.1 Å². The Bertz CT molecular complexity index is 780. The lowest BCUT2D eigenvalue weighted by Gasteiger charge is -2.19. The van der Waals surface area contributed by atoms with Crippen molar-refractivity contribution in [2.75, 3.05) is 11.1 Å². The Morgan fingerprint density at radius 3 is 2.67 bits per heavy atom. The van der Waals surface area contributed by atoms with Crippen LogP contribution in [0.2, 0.25) is 0 Å². The maximum absolute atomic E-state index is 6.04. The minimum atomic E-state index is 0.221. The van der Waals surface area contributed by atoms with Crippen LogP contribution in [0.1, 0.15) is 24.1 Å². The van der Waals surface area contributed by atoms with Crippen LogP contribution in [0.15, 0.2) is 54.9 Å². The summed E-state index contributed by atoms with van der Waals surface area (Å²) in [6, 6.07) is 14.6. The van der Waals surface area contributed by atoms with Gasteiger partial charge in [0.1, 0.15) is 0 Å². The van der Waals surface area contributed by atoms with Crippen molar-refractivity contribution in [2.45, 2.75) is 19.9 Å². The lowest BCUT2D eigenvalue weighted by Crippen LogP contribution is -2.08. The smallest absolute Gasteiger partial charge is 0.0488 e. The lowest BCUT2D eigenvalue weighted by molar-refractivity contribution is 0.876. The third kappa shape index (κ3) is 2.55. The zero-order chi connectivity index (χ0) is 14.8. The topological polar surface area (TPSA) is 50.9 Å². The van der Waals surface area contributed by atoms with Gasteiger partial charge in [-0.3, -0.25) is 4.98 Å². The lowest BCUT2D eigenvalue weighted by atomic mass is 10.0. The average Bonchev–Trinajstić information content (AvgIpc) is 2.51. The Balaban J connectivity index is 1.99. The Morgan fingerprint density at radius 2 is 1.86 bits per heavy atom. The summed E-state index contributed by atoms with van der Waals surface area (Å²) in [5.74, 6) is 0. The fraction of sp³-hybridized carbons (Fsp3) is 0.167. The predicted molar refractivity (Wildman–Crippen MR) is 89.4 cm³/mol. The third-order valence-electron chi connectivity index (χ3n) is 3.88. The number of fused-ring (bicyclic) bond motifs is 1. The van der Waals surface area contributed by atoms with Gasteiger partial charge in [-0.15, -0.1) is 0 Å². The number of nitrogens with one attached hydrogen (secondary N) is 1. The summed E-state index contributed by atoms with van der Waals surface area (Å²) < 4.78 is 0. The molecule has 1 aromatic heterocycles. The fourth-order valence-corrected chi connectivity index (χ4v) is 2.72. The van der Waals surface area contributed by atoms with Crippen molar-refractivity contribution in [3.05, 3.63) is 66.0 Å². The van der Waals surface area contributed by atoms with E-state index in [9.17, 15) is 0 Å². The van der Waals surface area contributed by atoms with Gasteiger partial charge in [-0.1, -0.05) is 24.3 Å². The highest BCUT2D eigenvalue weighted by Crippen LogP contribution is 2.30. The molecule has 0 radical (unpaired) electrons. The Morgan fingerprint density at radius 1 is 1.05 bits per heavy atom. The molecule has 106 valence electrons. The molecule has 3 nitrogen and oxygen atoms in total. The van der Waals surface area contributed by atoms with Crippen LogP contribution in [0.25, 0.3) is 10.8 Å². The average molecular weight is 277 g/mol. The van der Waals surface area contributed by atoms with Gasteiger partial charge in [0.15, 0.2) is 0 Å². The van der Waals surface area contributed by atoms with Crippen molar-refractivity contribution in [3.8, 4) is 0 Å². The molecule has 3 aromatic rings. The van der Waals surface area contributed by atoms with E-state index in [0.29, 0.717) is 0 Å². The molecule has 1 atom stereocenters. The standard InChI is InChI=1S/C18H19N3/c1-12-5-3-4-6-14(12)13(2)21-18-8-7-17(19)15-9-10-20-11-16(15)18/h3-11,13,21H,19H2,1-2H3. The monoisotopic (exact) mass is 277 g/mol. The molecule has 0 fully saturated rings. The highest BCUT2D eigenvalue weighted by Gasteiger charge is 2.10. The van der Waals surface area contributed by atoms with Gasteiger partial charge in [0.05, 0.1) is 0 Å². The van der Waals surface area contributed by atoms with Crippen LogP contribution in [-0.4, -0.2) is 4.98 Å². The molecule has 0 bridgehead atoms. The van der Waals surface area contributed by atoms with E-state index in [-0.39, 0.29) is 6.04 Å². The van der Waals surface area contributed by atoms with Crippen LogP contribution in [0.5, 0.6) is 0 Å². The highest BCUT2D eigenvalue weighted by atomic mass is 14.9. The quantitative estimate of drug-likeness (QED) is 0.702. The van der Waals surface area contributed by atoms with Gasteiger partial charge in [0, 0.05) is 40.6 Å². The number of anilines is 2. The summed E-state index contributed by atoms with van der Waals surface area (Å²) in [5, 5.41) is 5.66. The van der Waals surface area contributed by atoms with E-state index in [0.717, 1.165) is 22.1 Å². The van der Waals surface area contributed by atoms with E-state index < -0.39 is 0 Å². The maximum Gasteiger partial charge on any atom is 0.0488 e. The first kappa shape index (κ1) is 13.4. The van der Waals surface area contributed by atoms with E-state index in [1.807, 2.05) is 24.4 Å². The number of pyridine rings is 1. The number of hydrogen-bond donors (Lipinski definition) is 2. The molecule has 1 heterocycles. The molecule has 0 spiro atoms. The molecule has 0 aliphatic rings. The normalized spacial score (nSPS) is 12.3. The van der Waals surface area contributed by atoms with Crippen molar-refractivity contribution in [3.63, 3.8) is 0 Å². The van der Waals surface area contributed by atoms with Crippen LogP contribution in [-0.2, 0) is 0 Å². The molecule has 2 aromatic carbocycles. The Labute approximate surface area is 124 Å². The van der Waals surface area contributed by atoms with E-state index in [1.165, 1.54) is 11.1 Å². The third-order valence-corrected chi connectivity index (χ3v) is 3.88. The number of nitrogens with two attached hydrogens (primary N) is 1. The van der Waals surface area contributed by atoms with Crippen molar-refractivity contribution in [2.24, 2.45) is 0 Å². The van der Waals surface area contributed by atoms with E-state index in [1.54, 1.807) is 6.20 Å². The van der Waals surface area contributed by atoms with E-state index in [4.69, 9.17) is 5.73 Å². The van der Waals surface area contributed by atoms with Gasteiger partial charge in [-0.25, -0.2) is 0 Å². The minimum Gasteiger partial charge on any atom is -0.398 e. The van der Waals surface area contributed by atoms with Gasteiger partial charge >= 0.3 is 0 Å². The molecule has 3 heteroatoms. The maximum atomic E-state index is 6.04. The van der Waals surface area contributed by atoms with Crippen molar-refractivity contribution >= 4 is 22.1 Å². The van der Waals surface area contributed by atoms with Crippen LogP contribution >= 0.6 is 0 Å². The molecular formula is C18H19N3. The number of aromatic nitrogens is 1. The van der Waals surface area contributed by atoms with E-state index >= 15 is 0 Å². The summed E-state index contributed by atoms with van der Waals surface area (Å²) >= 11 is 0. The minimum absolute atomic E-state index is 0.221. The highest BCUT2D eigenvalue weighted by molar-refractivity contribution is 6.00. The first-order valence-electron chi connectivity index (χ1n) is 7.11. The van der Waals surface area contributed by atoms with Gasteiger partial charge in [-0.05, 0) is 43.2 Å². The van der Waals surface area contributed by atoms with Crippen molar-refractivity contribution < 1.29 is 0 Å². The summed E-state index contributed by atoms with van der Waals surface area (Å²) in [7, 11) is 0. The largest absolute Gasteiger partial charge is 0.398 e. The summed E-state index contributed by atoms with van der Waals surface area (Å²) in [6.45, 7) is 4.30. The molecule has 3 N–H and O–H groups in total. The molecule has 1 unspecified atom stereocenters. The van der Waals surface area contributed by atoms with Crippen LogP contribution in [0.3, 0.4) is 0 Å². The van der Waals surface area contributed by atoms with Gasteiger partial charge in [0.2, 0.25) is 0 Å². The second kappa shape index (κ2) is 5.44. The number of nitrogen functional groups attached to an aromatic ring is 1. The number of benzene rings is 2. The molecule has 3 rings (SSSR count). The number of nitrogens with zero attached hydrogens (tertiary/aromatic N) is 1. The van der Waals surface area contributed by atoms with Crippen LogP contribution in [0, 0.1) is 6.92 Å². The van der Waals surface area contributed by atoms with Crippen molar-refractivity contribution in [1.82, 2.24) is 4.98 Å². The summed E-state index contributed by atoms with van der Waals surface area (Å²) in [4.78, 5) is 4.22. The fourth-order valence-electron chi connectivity index (χ4n) is 2.72. The zero-order valence-corrected chi connectivity index (χ0v) is 12.3. The molecule has 0 saturated carbocycles. The molecule has 21 heavy (non-hydrogen) atoms. The zero-order valence-electron chi connectivity index (χ0n) is 12.3. The van der Waals surface area contributed by atoms with E-state index in [2.05, 4.69) is 48.4 Å². The summed E-state index contributed by atoms with van der Waals surface area (Å²) in [5.41, 5.74) is 10.5. The van der Waals surface area contributed by atoms with Gasteiger partial charge in [-0.2, -0.15) is 0 Å². The number of aryl methyl sites for hydroxylation is 1. The molecular weight excluding hydrogens is 258 g/mol. The van der Waals surface area contributed by atoms with Crippen LogP contribution in [0.4, 0.5) is 11.4 Å². The summed E-state index contributed by atoms with van der Waals surface area (Å²) in [6.07, 6.45) is 3.63. The van der Waals surface area contributed by atoms with Gasteiger partial charge < -0.3 is 11.1 Å². The molecule has 0 aliphatic carbocycles. The second-order valence-corrected chi connectivity index (χ2v) is 5.35. The molecule has 0 amide bonds. The first-order chi connectivity index (χ1) is 10.2.